The van der Waals surface area contributed by atoms with Crippen LogP contribution in [0.4, 0.5) is 4.39 Å². The van der Waals surface area contributed by atoms with Gasteiger partial charge in [-0.2, -0.15) is 5.10 Å². The van der Waals surface area contributed by atoms with Crippen LogP contribution in [-0.4, -0.2) is 39.8 Å². The third-order valence-electron chi connectivity index (χ3n) is 6.34. The fourth-order valence-electron chi connectivity index (χ4n) is 4.40. The summed E-state index contributed by atoms with van der Waals surface area (Å²) in [6, 6.07) is 22.4. The molecule has 0 bridgehead atoms. The van der Waals surface area contributed by atoms with Gasteiger partial charge in [0.2, 0.25) is 5.88 Å². The molecule has 190 valence electrons. The highest BCUT2D eigenvalue weighted by molar-refractivity contribution is 6.30. The molecule has 1 aromatic heterocycles. The first-order valence-electron chi connectivity index (χ1n) is 12.2. The lowest BCUT2D eigenvalue weighted by molar-refractivity contribution is 0.0505. The maximum absolute atomic E-state index is 13.6. The Hall–Kier alpha value is -3.68. The van der Waals surface area contributed by atoms with Gasteiger partial charge >= 0.3 is 0 Å². The SMILES string of the molecule is Cc1nn(-c2ccccc2)c(Oc2ccc(Cl)cc2)c1CN(CC1CCCO1)C(=O)c1ccc(F)cc1. The van der Waals surface area contributed by atoms with Gasteiger partial charge in [0.05, 0.1) is 29.6 Å². The Morgan fingerprint density at radius 3 is 2.51 bits per heavy atom. The van der Waals surface area contributed by atoms with Gasteiger partial charge in [0, 0.05) is 23.7 Å². The number of halogens is 2. The van der Waals surface area contributed by atoms with Crippen molar-refractivity contribution in [2.24, 2.45) is 0 Å². The molecule has 0 N–H and O–H groups in total. The largest absolute Gasteiger partial charge is 0.439 e. The molecule has 5 rings (SSSR count). The van der Waals surface area contributed by atoms with Crippen LogP contribution < -0.4 is 4.74 Å². The lowest BCUT2D eigenvalue weighted by Gasteiger charge is -2.26. The van der Waals surface area contributed by atoms with Crippen LogP contribution in [0.5, 0.6) is 11.6 Å². The minimum atomic E-state index is -0.388. The molecular weight excluding hydrogens is 493 g/mol. The van der Waals surface area contributed by atoms with Crippen LogP contribution in [0.25, 0.3) is 5.69 Å². The Kier molecular flexibility index (Phi) is 7.53. The lowest BCUT2D eigenvalue weighted by Crippen LogP contribution is -2.37. The molecule has 1 aliphatic heterocycles. The van der Waals surface area contributed by atoms with E-state index in [-0.39, 0.29) is 24.4 Å². The molecule has 6 nitrogen and oxygen atoms in total. The summed E-state index contributed by atoms with van der Waals surface area (Å²) in [5, 5.41) is 5.37. The maximum atomic E-state index is 13.6. The van der Waals surface area contributed by atoms with Crippen molar-refractivity contribution in [1.82, 2.24) is 14.7 Å². The zero-order valence-corrected chi connectivity index (χ0v) is 21.2. The van der Waals surface area contributed by atoms with Crippen LogP contribution in [0, 0.1) is 12.7 Å². The Morgan fingerprint density at radius 1 is 1.11 bits per heavy atom. The van der Waals surface area contributed by atoms with Crippen molar-refractivity contribution in [2.45, 2.75) is 32.4 Å². The fourth-order valence-corrected chi connectivity index (χ4v) is 4.53. The van der Waals surface area contributed by atoms with E-state index in [4.69, 9.17) is 26.2 Å². The predicted octanol–water partition coefficient (Wildman–Crippen LogP) is 6.59. The van der Waals surface area contributed by atoms with Crippen molar-refractivity contribution in [2.75, 3.05) is 13.2 Å². The molecule has 0 saturated carbocycles. The number of aryl methyl sites for hydroxylation is 1. The number of carbonyl (C=O) groups is 1. The molecule has 1 atom stereocenters. The highest BCUT2D eigenvalue weighted by Gasteiger charge is 2.28. The van der Waals surface area contributed by atoms with Gasteiger partial charge in [-0.3, -0.25) is 4.79 Å². The smallest absolute Gasteiger partial charge is 0.254 e. The van der Waals surface area contributed by atoms with E-state index in [1.54, 1.807) is 33.8 Å². The molecule has 1 unspecified atom stereocenters. The Morgan fingerprint density at radius 2 is 1.84 bits per heavy atom. The number of hydrogen-bond donors (Lipinski definition) is 0. The number of aromatic nitrogens is 2. The number of para-hydroxylation sites is 1. The monoisotopic (exact) mass is 519 g/mol. The molecule has 1 saturated heterocycles. The first-order valence-corrected chi connectivity index (χ1v) is 12.6. The van der Waals surface area contributed by atoms with Crippen molar-refractivity contribution in [3.63, 3.8) is 0 Å². The summed E-state index contributed by atoms with van der Waals surface area (Å²) >= 11 is 6.08. The topological polar surface area (TPSA) is 56.6 Å². The zero-order chi connectivity index (χ0) is 25.8. The molecule has 1 fully saturated rings. The standard InChI is InChI=1S/C29H27ClFN3O3/c1-20-27(19-33(18-26-8-5-17-36-26)28(35)21-9-13-23(31)14-10-21)29(37-25-15-11-22(30)12-16-25)34(32-20)24-6-3-2-4-7-24/h2-4,6-7,9-16,26H,5,8,17-19H2,1H3. The van der Waals surface area contributed by atoms with Gasteiger partial charge in [0.25, 0.3) is 5.91 Å². The third kappa shape index (κ3) is 5.84. The van der Waals surface area contributed by atoms with Crippen molar-refractivity contribution in [3.05, 3.63) is 107 Å². The minimum absolute atomic E-state index is 0.0606. The van der Waals surface area contributed by atoms with E-state index in [2.05, 4.69) is 0 Å². The average Bonchev–Trinajstić information content (AvgIpc) is 3.54. The molecule has 0 spiro atoms. The first kappa shape index (κ1) is 25.0. The molecule has 1 amide bonds. The van der Waals surface area contributed by atoms with Crippen molar-refractivity contribution >= 4 is 17.5 Å². The van der Waals surface area contributed by atoms with Crippen molar-refractivity contribution < 1.29 is 18.7 Å². The number of rotatable bonds is 8. The van der Waals surface area contributed by atoms with E-state index in [1.807, 2.05) is 37.3 Å². The van der Waals surface area contributed by atoms with E-state index in [9.17, 15) is 9.18 Å². The molecule has 4 aromatic rings. The Labute approximate surface area is 220 Å². The summed E-state index contributed by atoms with van der Waals surface area (Å²) in [7, 11) is 0. The molecule has 2 heterocycles. The number of amides is 1. The van der Waals surface area contributed by atoms with E-state index in [0.29, 0.717) is 35.4 Å². The predicted molar refractivity (Wildman–Crippen MR) is 140 cm³/mol. The summed E-state index contributed by atoms with van der Waals surface area (Å²) in [4.78, 5) is 15.3. The summed E-state index contributed by atoms with van der Waals surface area (Å²) < 4.78 is 27.5. The van der Waals surface area contributed by atoms with Crippen molar-refractivity contribution in [1.29, 1.82) is 0 Å². The molecular formula is C29H27ClFN3O3. The summed E-state index contributed by atoms with van der Waals surface area (Å²) in [6.45, 7) is 3.24. The Bertz CT molecular complexity index is 1350. The van der Waals surface area contributed by atoms with E-state index < -0.39 is 0 Å². The second kappa shape index (κ2) is 11.2. The number of nitrogens with zero attached hydrogens (tertiary/aromatic N) is 3. The normalized spacial score (nSPS) is 15.1. The molecule has 1 aliphatic rings. The summed E-state index contributed by atoms with van der Waals surface area (Å²) in [5.74, 6) is 0.509. The van der Waals surface area contributed by atoms with Crippen LogP contribution in [0.15, 0.2) is 78.9 Å². The lowest BCUT2D eigenvalue weighted by atomic mass is 10.1. The zero-order valence-electron chi connectivity index (χ0n) is 20.4. The van der Waals surface area contributed by atoms with Crippen LogP contribution in [0.2, 0.25) is 5.02 Å². The highest BCUT2D eigenvalue weighted by Crippen LogP contribution is 2.33. The molecule has 0 radical (unpaired) electrons. The van der Waals surface area contributed by atoms with E-state index in [1.165, 1.54) is 24.3 Å². The van der Waals surface area contributed by atoms with Crippen LogP contribution in [0.3, 0.4) is 0 Å². The van der Waals surface area contributed by atoms with Gasteiger partial charge in [-0.15, -0.1) is 0 Å². The molecule has 37 heavy (non-hydrogen) atoms. The minimum Gasteiger partial charge on any atom is -0.439 e. The molecule has 8 heteroatoms. The highest BCUT2D eigenvalue weighted by atomic mass is 35.5. The second-order valence-corrected chi connectivity index (χ2v) is 9.44. The number of carbonyl (C=O) groups excluding carboxylic acids is 1. The Balaban J connectivity index is 1.54. The van der Waals surface area contributed by atoms with Gasteiger partial charge in [-0.25, -0.2) is 9.07 Å². The van der Waals surface area contributed by atoms with Gasteiger partial charge in [0.1, 0.15) is 11.6 Å². The third-order valence-corrected chi connectivity index (χ3v) is 6.59. The average molecular weight is 520 g/mol. The maximum Gasteiger partial charge on any atom is 0.254 e. The quantitative estimate of drug-likeness (QED) is 0.263. The van der Waals surface area contributed by atoms with Gasteiger partial charge in [-0.1, -0.05) is 29.8 Å². The summed E-state index contributed by atoms with van der Waals surface area (Å²) in [6.07, 6.45) is 1.78. The van der Waals surface area contributed by atoms with Crippen LogP contribution >= 0.6 is 11.6 Å². The van der Waals surface area contributed by atoms with Gasteiger partial charge in [0.15, 0.2) is 0 Å². The summed E-state index contributed by atoms with van der Waals surface area (Å²) in [5.41, 5.74) is 2.74. The number of ether oxygens (including phenoxy) is 2. The van der Waals surface area contributed by atoms with Crippen molar-refractivity contribution in [3.8, 4) is 17.3 Å². The number of hydrogen-bond acceptors (Lipinski definition) is 4. The van der Waals surface area contributed by atoms with E-state index in [0.717, 1.165) is 29.8 Å². The van der Waals surface area contributed by atoms with E-state index >= 15 is 0 Å². The van der Waals surface area contributed by atoms with Crippen LogP contribution in [0.1, 0.15) is 34.5 Å². The fraction of sp³-hybridized carbons (Fsp3) is 0.241. The second-order valence-electron chi connectivity index (χ2n) is 9.00. The van der Waals surface area contributed by atoms with Crippen LogP contribution in [-0.2, 0) is 11.3 Å². The number of benzene rings is 3. The molecule has 3 aromatic carbocycles. The van der Waals surface area contributed by atoms with Gasteiger partial charge in [-0.05, 0) is 80.4 Å². The molecule has 0 aliphatic carbocycles. The first-order chi connectivity index (χ1) is 18.0. The van der Waals surface area contributed by atoms with Gasteiger partial charge < -0.3 is 14.4 Å².